The molecular formula is C21H12Cl2FN3O3S. The molecule has 10 heteroatoms. The molecule has 0 fully saturated rings. The minimum absolute atomic E-state index is 0.0122. The quantitative estimate of drug-likeness (QED) is 0.362. The van der Waals surface area contributed by atoms with Gasteiger partial charge in [0.2, 0.25) is 11.8 Å². The Labute approximate surface area is 190 Å². The first kappa shape index (κ1) is 21.2. The van der Waals surface area contributed by atoms with Gasteiger partial charge in [-0.1, -0.05) is 35.3 Å². The van der Waals surface area contributed by atoms with Gasteiger partial charge in [0.05, 0.1) is 22.0 Å². The molecular weight excluding hydrogens is 464 g/mol. The smallest absolute Gasteiger partial charge is 0.363 e. The Balaban J connectivity index is 1.66. The standard InChI is InChI=1S/C21H12Cl2FN3O3S/c1-11(28)27(18-5-3-2-4-16(18)24)21-25-13(10-31-21)9-17-20(29)30-19(26-17)14-7-6-12(22)8-15(14)23/h2-10H,1H3/b17-9+. The van der Waals surface area contributed by atoms with Gasteiger partial charge in [0.25, 0.3) is 0 Å². The Bertz CT molecular complexity index is 1270. The molecule has 1 aromatic heterocycles. The van der Waals surface area contributed by atoms with Gasteiger partial charge < -0.3 is 4.74 Å². The normalized spacial score (nSPS) is 14.5. The summed E-state index contributed by atoms with van der Waals surface area (Å²) in [5.74, 6) is -1.59. The second kappa shape index (κ2) is 8.58. The van der Waals surface area contributed by atoms with Crippen molar-refractivity contribution in [3.63, 3.8) is 0 Å². The van der Waals surface area contributed by atoms with Crippen molar-refractivity contribution in [1.29, 1.82) is 0 Å². The molecule has 2 aromatic carbocycles. The number of thiazole rings is 1. The summed E-state index contributed by atoms with van der Waals surface area (Å²) in [6.45, 7) is 1.31. The number of benzene rings is 2. The van der Waals surface area contributed by atoms with Crippen LogP contribution >= 0.6 is 34.5 Å². The number of carbonyl (C=O) groups is 2. The number of rotatable bonds is 4. The highest BCUT2D eigenvalue weighted by molar-refractivity contribution is 7.14. The molecule has 2 heterocycles. The molecule has 1 aliphatic heterocycles. The van der Waals surface area contributed by atoms with Crippen LogP contribution in [0.1, 0.15) is 18.2 Å². The van der Waals surface area contributed by atoms with Crippen LogP contribution in [-0.2, 0) is 14.3 Å². The SMILES string of the molecule is CC(=O)N(c1nc(/C=C2/N=C(c3ccc(Cl)cc3Cl)OC2=O)cs1)c1ccccc1F. The number of halogens is 3. The van der Waals surface area contributed by atoms with Crippen molar-refractivity contribution in [2.45, 2.75) is 6.92 Å². The number of carbonyl (C=O) groups excluding carboxylic acids is 2. The van der Waals surface area contributed by atoms with Gasteiger partial charge >= 0.3 is 5.97 Å². The molecule has 0 N–H and O–H groups in total. The van der Waals surface area contributed by atoms with E-state index in [0.717, 1.165) is 16.2 Å². The molecule has 0 atom stereocenters. The number of anilines is 2. The van der Waals surface area contributed by atoms with Gasteiger partial charge in [-0.25, -0.2) is 19.2 Å². The largest absolute Gasteiger partial charge is 0.402 e. The number of nitrogens with zero attached hydrogens (tertiary/aromatic N) is 3. The Morgan fingerprint density at radius 1 is 1.23 bits per heavy atom. The molecule has 1 amide bonds. The van der Waals surface area contributed by atoms with E-state index in [-0.39, 0.29) is 22.4 Å². The molecule has 0 unspecified atom stereocenters. The second-order valence-corrected chi connectivity index (χ2v) is 8.00. The lowest BCUT2D eigenvalue weighted by Gasteiger charge is -2.18. The third kappa shape index (κ3) is 4.36. The molecule has 0 saturated heterocycles. The Morgan fingerprint density at radius 2 is 2.00 bits per heavy atom. The maximum absolute atomic E-state index is 14.2. The Kier molecular flexibility index (Phi) is 5.86. The molecule has 4 rings (SSSR count). The van der Waals surface area contributed by atoms with Crippen LogP contribution in [-0.4, -0.2) is 22.8 Å². The summed E-state index contributed by atoms with van der Waals surface area (Å²) in [4.78, 5) is 34.1. The molecule has 3 aromatic rings. The van der Waals surface area contributed by atoms with Gasteiger partial charge in [0.1, 0.15) is 5.82 Å². The van der Waals surface area contributed by atoms with Crippen LogP contribution in [0.3, 0.4) is 0 Å². The fourth-order valence-electron chi connectivity index (χ4n) is 2.81. The fourth-order valence-corrected chi connectivity index (χ4v) is 4.14. The highest BCUT2D eigenvalue weighted by Gasteiger charge is 2.26. The summed E-state index contributed by atoms with van der Waals surface area (Å²) in [5.41, 5.74) is 0.880. The predicted molar refractivity (Wildman–Crippen MR) is 118 cm³/mol. The monoisotopic (exact) mass is 475 g/mol. The maximum atomic E-state index is 14.2. The number of cyclic esters (lactones) is 1. The van der Waals surface area contributed by atoms with Gasteiger partial charge in [-0.05, 0) is 36.4 Å². The van der Waals surface area contributed by atoms with Crippen LogP contribution in [0.5, 0.6) is 0 Å². The van der Waals surface area contributed by atoms with E-state index in [4.69, 9.17) is 27.9 Å². The topological polar surface area (TPSA) is 71.9 Å². The number of amides is 1. The van der Waals surface area contributed by atoms with E-state index in [1.54, 1.807) is 23.6 Å². The zero-order valence-corrected chi connectivity index (χ0v) is 18.1. The molecule has 0 saturated carbocycles. The molecule has 0 aliphatic carbocycles. The first-order valence-electron chi connectivity index (χ1n) is 8.82. The summed E-state index contributed by atoms with van der Waals surface area (Å²) in [6.07, 6.45) is 1.42. The number of aromatic nitrogens is 1. The molecule has 0 bridgehead atoms. The van der Waals surface area contributed by atoms with Crippen molar-refractivity contribution >= 4 is 69.2 Å². The lowest BCUT2D eigenvalue weighted by Crippen LogP contribution is -2.23. The average Bonchev–Trinajstić information content (AvgIpc) is 3.30. The van der Waals surface area contributed by atoms with Gasteiger partial charge in [0, 0.05) is 17.3 Å². The van der Waals surface area contributed by atoms with Crippen LogP contribution in [0.4, 0.5) is 15.2 Å². The zero-order valence-electron chi connectivity index (χ0n) is 15.8. The summed E-state index contributed by atoms with van der Waals surface area (Å²) < 4.78 is 19.4. The zero-order chi connectivity index (χ0) is 22.1. The van der Waals surface area contributed by atoms with Crippen molar-refractivity contribution in [3.05, 3.63) is 80.7 Å². The van der Waals surface area contributed by atoms with Crippen molar-refractivity contribution in [3.8, 4) is 0 Å². The lowest BCUT2D eigenvalue weighted by atomic mass is 10.2. The maximum Gasteiger partial charge on any atom is 0.363 e. The molecule has 156 valence electrons. The van der Waals surface area contributed by atoms with Crippen molar-refractivity contribution in [1.82, 2.24) is 4.98 Å². The highest BCUT2D eigenvalue weighted by atomic mass is 35.5. The van der Waals surface area contributed by atoms with Crippen molar-refractivity contribution in [2.24, 2.45) is 4.99 Å². The van der Waals surface area contributed by atoms with E-state index in [9.17, 15) is 14.0 Å². The summed E-state index contributed by atoms with van der Waals surface area (Å²) in [7, 11) is 0. The fraction of sp³-hybridized carbons (Fsp3) is 0.0476. The van der Waals surface area contributed by atoms with Gasteiger partial charge in [-0.2, -0.15) is 0 Å². The third-order valence-corrected chi connectivity index (χ3v) is 5.57. The number of ether oxygens (including phenoxy) is 1. The van der Waals surface area contributed by atoms with Gasteiger partial charge in [0.15, 0.2) is 10.8 Å². The molecule has 0 spiro atoms. The first-order valence-corrected chi connectivity index (χ1v) is 10.5. The number of hydrogen-bond acceptors (Lipinski definition) is 6. The highest BCUT2D eigenvalue weighted by Crippen LogP contribution is 2.32. The Hall–Kier alpha value is -3.07. The van der Waals surface area contributed by atoms with E-state index in [0.29, 0.717) is 21.3 Å². The van der Waals surface area contributed by atoms with Gasteiger partial charge in [-0.15, -0.1) is 11.3 Å². The number of esters is 1. The summed E-state index contributed by atoms with van der Waals surface area (Å²) in [6, 6.07) is 10.6. The minimum atomic E-state index is -0.673. The van der Waals surface area contributed by atoms with E-state index >= 15 is 0 Å². The molecule has 6 nitrogen and oxygen atoms in total. The van der Waals surface area contributed by atoms with Gasteiger partial charge in [-0.3, -0.25) is 9.69 Å². The summed E-state index contributed by atoms with van der Waals surface area (Å²) in [5, 5.41) is 2.60. The third-order valence-electron chi connectivity index (χ3n) is 4.18. The Morgan fingerprint density at radius 3 is 2.71 bits per heavy atom. The predicted octanol–water partition coefficient (Wildman–Crippen LogP) is 5.62. The molecule has 1 aliphatic rings. The van der Waals surface area contributed by atoms with Crippen molar-refractivity contribution in [2.75, 3.05) is 4.90 Å². The van der Waals surface area contributed by atoms with Crippen LogP contribution in [0.2, 0.25) is 10.0 Å². The van der Waals surface area contributed by atoms with E-state index < -0.39 is 17.7 Å². The van der Waals surface area contributed by atoms with Crippen molar-refractivity contribution < 1.29 is 18.7 Å². The van der Waals surface area contributed by atoms with Crippen LogP contribution < -0.4 is 4.90 Å². The molecule has 31 heavy (non-hydrogen) atoms. The number of aliphatic imine (C=N–C) groups is 1. The first-order chi connectivity index (χ1) is 14.8. The summed E-state index contributed by atoms with van der Waals surface area (Å²) >= 11 is 13.2. The molecule has 0 radical (unpaired) electrons. The van der Waals surface area contributed by atoms with E-state index in [1.807, 2.05) is 0 Å². The number of para-hydroxylation sites is 1. The number of hydrogen-bond donors (Lipinski definition) is 0. The van der Waals surface area contributed by atoms with E-state index in [1.165, 1.54) is 37.3 Å². The van der Waals surface area contributed by atoms with E-state index in [2.05, 4.69) is 9.98 Å². The average molecular weight is 476 g/mol. The van der Waals surface area contributed by atoms with Crippen LogP contribution in [0.15, 0.2) is 58.5 Å². The second-order valence-electron chi connectivity index (χ2n) is 6.32. The van der Waals surface area contributed by atoms with Crippen LogP contribution in [0, 0.1) is 5.82 Å². The lowest BCUT2D eigenvalue weighted by molar-refractivity contribution is -0.130. The minimum Gasteiger partial charge on any atom is -0.402 e. The van der Waals surface area contributed by atoms with Crippen LogP contribution in [0.25, 0.3) is 6.08 Å².